The summed E-state index contributed by atoms with van der Waals surface area (Å²) in [7, 11) is 0. The third kappa shape index (κ3) is 2.20. The lowest BCUT2D eigenvalue weighted by molar-refractivity contribution is -0.124. The Hall–Kier alpha value is -1.72. The van der Waals surface area contributed by atoms with E-state index in [-0.39, 0.29) is 0 Å². The molecular formula is C10H8N2O2S. The molecule has 0 fully saturated rings. The largest absolute Gasteiger partial charge is 0.288 e. The lowest BCUT2D eigenvalue weighted by Gasteiger charge is -1.85. The molecule has 2 N–H and O–H groups in total. The first kappa shape index (κ1) is 9.82. The van der Waals surface area contributed by atoms with E-state index in [0.717, 1.165) is 15.2 Å². The van der Waals surface area contributed by atoms with Crippen LogP contribution in [0.3, 0.4) is 0 Å². The number of aromatic nitrogens is 1. The summed E-state index contributed by atoms with van der Waals surface area (Å²) in [5.74, 6) is -0.561. The normalized spacial score (nSPS) is 11.0. The van der Waals surface area contributed by atoms with Crippen LogP contribution in [0.4, 0.5) is 0 Å². The molecule has 0 saturated carbocycles. The molecule has 0 aliphatic carbocycles. The highest BCUT2D eigenvalue weighted by atomic mass is 32.1. The minimum absolute atomic E-state index is 0.561. The number of carbonyl (C=O) groups is 1. The van der Waals surface area contributed by atoms with E-state index in [1.54, 1.807) is 6.08 Å². The van der Waals surface area contributed by atoms with Gasteiger partial charge >= 0.3 is 0 Å². The van der Waals surface area contributed by atoms with Crippen LogP contribution in [0.2, 0.25) is 0 Å². The second kappa shape index (κ2) is 4.20. The lowest BCUT2D eigenvalue weighted by atomic mass is 10.3. The Bertz CT molecular complexity index is 486. The van der Waals surface area contributed by atoms with Crippen molar-refractivity contribution in [3.05, 3.63) is 35.3 Å². The summed E-state index contributed by atoms with van der Waals surface area (Å²) in [5, 5.41) is 9.02. The second-order valence-corrected chi connectivity index (χ2v) is 3.89. The number of carbonyl (C=O) groups excluding carboxylic acids is 1. The predicted octanol–water partition coefficient (Wildman–Crippen LogP) is 1.81. The number of nitrogens with one attached hydrogen (secondary N) is 1. The number of hydrogen-bond acceptors (Lipinski definition) is 4. The van der Waals surface area contributed by atoms with Crippen LogP contribution in [0, 0.1) is 0 Å². The van der Waals surface area contributed by atoms with Gasteiger partial charge in [0, 0.05) is 6.08 Å². The predicted molar refractivity (Wildman–Crippen MR) is 58.6 cm³/mol. The van der Waals surface area contributed by atoms with Gasteiger partial charge in [0.2, 0.25) is 0 Å². The topological polar surface area (TPSA) is 62.2 Å². The molecule has 1 amide bonds. The minimum atomic E-state index is -0.561. The van der Waals surface area contributed by atoms with Gasteiger partial charge in [-0.05, 0) is 18.2 Å². The zero-order valence-corrected chi connectivity index (χ0v) is 8.49. The van der Waals surface area contributed by atoms with Crippen LogP contribution in [0.25, 0.3) is 16.3 Å². The molecule has 0 saturated heterocycles. The summed E-state index contributed by atoms with van der Waals surface area (Å²) in [5.41, 5.74) is 2.43. The van der Waals surface area contributed by atoms with E-state index < -0.39 is 5.91 Å². The van der Waals surface area contributed by atoms with E-state index in [4.69, 9.17) is 5.21 Å². The van der Waals surface area contributed by atoms with Crippen molar-refractivity contribution in [2.24, 2.45) is 0 Å². The maximum absolute atomic E-state index is 10.7. The van der Waals surface area contributed by atoms with Crippen molar-refractivity contribution < 1.29 is 10.0 Å². The molecule has 0 spiro atoms. The van der Waals surface area contributed by atoms with Crippen molar-refractivity contribution in [2.75, 3.05) is 0 Å². The van der Waals surface area contributed by atoms with Gasteiger partial charge in [-0.15, -0.1) is 11.3 Å². The van der Waals surface area contributed by atoms with E-state index in [0.29, 0.717) is 0 Å². The van der Waals surface area contributed by atoms with Gasteiger partial charge in [-0.2, -0.15) is 0 Å². The standard InChI is InChI=1S/C10H8N2O2S/c13-9(12-14)5-6-10-11-7-3-1-2-4-8(7)15-10/h1-6,14H,(H,12,13)/b6-5+. The number of amides is 1. The fraction of sp³-hybridized carbons (Fsp3) is 0. The first-order valence-electron chi connectivity index (χ1n) is 4.27. The zero-order valence-electron chi connectivity index (χ0n) is 7.68. The highest BCUT2D eigenvalue weighted by Crippen LogP contribution is 2.22. The average molecular weight is 220 g/mol. The molecule has 1 heterocycles. The van der Waals surface area contributed by atoms with Gasteiger partial charge in [-0.25, -0.2) is 10.5 Å². The van der Waals surface area contributed by atoms with Crippen molar-refractivity contribution in [3.8, 4) is 0 Å². The molecule has 1 aromatic heterocycles. The summed E-state index contributed by atoms with van der Waals surface area (Å²) in [4.78, 5) is 15.0. The quantitative estimate of drug-likeness (QED) is 0.461. The Kier molecular flexibility index (Phi) is 2.75. The van der Waals surface area contributed by atoms with Crippen LogP contribution in [-0.4, -0.2) is 16.1 Å². The van der Waals surface area contributed by atoms with E-state index in [1.165, 1.54) is 22.9 Å². The van der Waals surface area contributed by atoms with Crippen molar-refractivity contribution in [1.82, 2.24) is 10.5 Å². The van der Waals surface area contributed by atoms with E-state index in [2.05, 4.69) is 4.98 Å². The zero-order chi connectivity index (χ0) is 10.7. The van der Waals surface area contributed by atoms with Crippen LogP contribution >= 0.6 is 11.3 Å². The van der Waals surface area contributed by atoms with Crippen LogP contribution < -0.4 is 5.48 Å². The Morgan fingerprint density at radius 1 is 1.47 bits per heavy atom. The summed E-state index contributed by atoms with van der Waals surface area (Å²) < 4.78 is 1.07. The van der Waals surface area contributed by atoms with Gasteiger partial charge in [0.15, 0.2) is 0 Å². The highest BCUT2D eigenvalue weighted by molar-refractivity contribution is 7.19. The number of para-hydroxylation sites is 1. The van der Waals surface area contributed by atoms with Crippen molar-refractivity contribution in [1.29, 1.82) is 0 Å². The Morgan fingerprint density at radius 2 is 2.27 bits per heavy atom. The Balaban J connectivity index is 2.29. The van der Waals surface area contributed by atoms with Crippen LogP contribution in [0.1, 0.15) is 5.01 Å². The van der Waals surface area contributed by atoms with Gasteiger partial charge in [-0.3, -0.25) is 10.0 Å². The molecule has 0 radical (unpaired) electrons. The first-order chi connectivity index (χ1) is 7.29. The van der Waals surface area contributed by atoms with Gasteiger partial charge in [0.1, 0.15) is 5.01 Å². The van der Waals surface area contributed by atoms with Crippen LogP contribution in [-0.2, 0) is 4.79 Å². The Labute approximate surface area is 89.8 Å². The number of hydroxylamine groups is 1. The van der Waals surface area contributed by atoms with Crippen LogP contribution in [0.15, 0.2) is 30.3 Å². The number of benzene rings is 1. The highest BCUT2D eigenvalue weighted by Gasteiger charge is 1.99. The molecule has 76 valence electrons. The maximum Gasteiger partial charge on any atom is 0.267 e. The molecule has 1 aromatic carbocycles. The smallest absolute Gasteiger partial charge is 0.267 e. The summed E-state index contributed by atoms with van der Waals surface area (Å²) in [6.45, 7) is 0. The lowest BCUT2D eigenvalue weighted by Crippen LogP contribution is -2.14. The number of nitrogens with zero attached hydrogens (tertiary/aromatic N) is 1. The molecule has 0 atom stereocenters. The van der Waals surface area contributed by atoms with Gasteiger partial charge in [0.05, 0.1) is 10.2 Å². The fourth-order valence-electron chi connectivity index (χ4n) is 1.15. The third-order valence-electron chi connectivity index (χ3n) is 1.80. The van der Waals surface area contributed by atoms with E-state index >= 15 is 0 Å². The SMILES string of the molecule is O=C(/C=C/c1nc2ccccc2s1)NO. The molecule has 15 heavy (non-hydrogen) atoms. The maximum atomic E-state index is 10.7. The number of rotatable bonds is 2. The summed E-state index contributed by atoms with van der Waals surface area (Å²) in [6.07, 6.45) is 2.80. The van der Waals surface area contributed by atoms with Crippen molar-refractivity contribution in [3.63, 3.8) is 0 Å². The average Bonchev–Trinajstić information content (AvgIpc) is 2.68. The minimum Gasteiger partial charge on any atom is -0.288 e. The van der Waals surface area contributed by atoms with Crippen molar-refractivity contribution >= 4 is 33.5 Å². The molecular weight excluding hydrogens is 212 g/mol. The van der Waals surface area contributed by atoms with Crippen LogP contribution in [0.5, 0.6) is 0 Å². The van der Waals surface area contributed by atoms with Gasteiger partial charge < -0.3 is 0 Å². The first-order valence-corrected chi connectivity index (χ1v) is 5.09. The molecule has 0 aliphatic rings. The van der Waals surface area contributed by atoms with Crippen molar-refractivity contribution in [2.45, 2.75) is 0 Å². The Morgan fingerprint density at radius 3 is 3.00 bits per heavy atom. The third-order valence-corrected chi connectivity index (χ3v) is 2.80. The molecule has 0 aliphatic heterocycles. The summed E-state index contributed by atoms with van der Waals surface area (Å²) in [6, 6.07) is 7.73. The molecule has 5 heteroatoms. The number of fused-ring (bicyclic) bond motifs is 1. The second-order valence-electron chi connectivity index (χ2n) is 2.83. The number of hydrogen-bond donors (Lipinski definition) is 2. The van der Waals surface area contributed by atoms with Gasteiger partial charge in [0.25, 0.3) is 5.91 Å². The molecule has 2 aromatic rings. The monoisotopic (exact) mass is 220 g/mol. The van der Waals surface area contributed by atoms with E-state index in [9.17, 15) is 4.79 Å². The molecule has 0 unspecified atom stereocenters. The molecule has 2 rings (SSSR count). The fourth-order valence-corrected chi connectivity index (χ4v) is 2.02. The van der Waals surface area contributed by atoms with E-state index in [1.807, 2.05) is 24.3 Å². The van der Waals surface area contributed by atoms with Gasteiger partial charge in [-0.1, -0.05) is 12.1 Å². The molecule has 0 bridgehead atoms. The number of thiazole rings is 1. The molecule has 4 nitrogen and oxygen atoms in total. The summed E-state index contributed by atoms with van der Waals surface area (Å²) >= 11 is 1.49.